The molecule has 1 heterocycles. The van der Waals surface area contributed by atoms with Crippen LogP contribution in [-0.4, -0.2) is 0 Å². The molecule has 1 N–H and O–H groups in total. The van der Waals surface area contributed by atoms with Crippen molar-refractivity contribution < 1.29 is 0 Å². The maximum Gasteiger partial charge on any atom is 0.0556 e. The molecule has 0 fully saturated rings. The molecule has 0 aromatic heterocycles. The number of hydrogen-bond donors (Lipinski definition) is 1. The fourth-order valence-electron chi connectivity index (χ4n) is 4.20. The molecule has 0 saturated heterocycles. The van der Waals surface area contributed by atoms with E-state index in [0.717, 1.165) is 0 Å². The number of fused-ring (bicyclic) bond motifs is 3. The standard InChI is InChI=1S/C21H23N/c1-13-7-9-16(15(3)11-13)21-18-6-4-5-17(18)19-12-14(2)8-10-20(19)22-21/h4-5,7-12,17-18,21-22H,6H2,1-3H3/t17-,18+,21+/m0/s1. The predicted octanol–water partition coefficient (Wildman–Crippen LogP) is 5.44. The lowest BCUT2D eigenvalue weighted by molar-refractivity contribution is 0.424. The molecule has 2 aromatic carbocycles. The summed E-state index contributed by atoms with van der Waals surface area (Å²) in [6.07, 6.45) is 5.95. The Labute approximate surface area is 133 Å². The SMILES string of the molecule is Cc1ccc([C@H]2Nc3ccc(C)cc3[C@H]3C=CC[C@H]32)c(C)c1. The van der Waals surface area contributed by atoms with Crippen LogP contribution >= 0.6 is 0 Å². The monoisotopic (exact) mass is 289 g/mol. The Balaban J connectivity index is 1.81. The molecule has 0 unspecified atom stereocenters. The summed E-state index contributed by atoms with van der Waals surface area (Å²) in [6, 6.07) is 14.1. The zero-order chi connectivity index (χ0) is 15.3. The number of anilines is 1. The van der Waals surface area contributed by atoms with Gasteiger partial charge in [-0.1, -0.05) is 53.6 Å². The summed E-state index contributed by atoms with van der Waals surface area (Å²) in [5.41, 5.74) is 8.33. The van der Waals surface area contributed by atoms with Crippen LogP contribution in [0.15, 0.2) is 48.6 Å². The van der Waals surface area contributed by atoms with Crippen LogP contribution in [0.2, 0.25) is 0 Å². The van der Waals surface area contributed by atoms with Gasteiger partial charge in [-0.3, -0.25) is 0 Å². The van der Waals surface area contributed by atoms with E-state index >= 15 is 0 Å². The first-order chi connectivity index (χ1) is 10.6. The van der Waals surface area contributed by atoms with Crippen LogP contribution < -0.4 is 5.32 Å². The van der Waals surface area contributed by atoms with Gasteiger partial charge in [-0.2, -0.15) is 0 Å². The molecule has 22 heavy (non-hydrogen) atoms. The Kier molecular flexibility index (Phi) is 3.11. The number of aryl methyl sites for hydroxylation is 3. The van der Waals surface area contributed by atoms with Crippen LogP contribution in [-0.2, 0) is 0 Å². The van der Waals surface area contributed by atoms with Crippen molar-refractivity contribution in [3.05, 3.63) is 76.4 Å². The highest BCUT2D eigenvalue weighted by molar-refractivity contribution is 5.61. The molecular formula is C21H23N. The summed E-state index contributed by atoms with van der Waals surface area (Å²) in [7, 11) is 0. The molecule has 1 aliphatic heterocycles. The summed E-state index contributed by atoms with van der Waals surface area (Å²) in [4.78, 5) is 0. The Hall–Kier alpha value is -2.02. The van der Waals surface area contributed by atoms with Gasteiger partial charge in [0.05, 0.1) is 6.04 Å². The van der Waals surface area contributed by atoms with Crippen molar-refractivity contribution in [1.29, 1.82) is 0 Å². The smallest absolute Gasteiger partial charge is 0.0556 e. The normalized spacial score (nSPS) is 25.5. The molecule has 112 valence electrons. The number of benzene rings is 2. The van der Waals surface area contributed by atoms with Gasteiger partial charge in [0.25, 0.3) is 0 Å². The zero-order valence-corrected chi connectivity index (χ0v) is 13.6. The summed E-state index contributed by atoms with van der Waals surface area (Å²) in [6.45, 7) is 6.60. The van der Waals surface area contributed by atoms with E-state index in [1.165, 1.54) is 39.9 Å². The summed E-state index contributed by atoms with van der Waals surface area (Å²) in [5, 5.41) is 3.83. The number of nitrogens with one attached hydrogen (secondary N) is 1. The van der Waals surface area contributed by atoms with E-state index in [2.05, 4.69) is 74.6 Å². The van der Waals surface area contributed by atoms with Gasteiger partial charge in [0.15, 0.2) is 0 Å². The van der Waals surface area contributed by atoms with Gasteiger partial charge in [0.2, 0.25) is 0 Å². The topological polar surface area (TPSA) is 12.0 Å². The van der Waals surface area contributed by atoms with E-state index in [0.29, 0.717) is 17.9 Å². The second-order valence-electron chi connectivity index (χ2n) is 6.93. The van der Waals surface area contributed by atoms with E-state index in [-0.39, 0.29) is 0 Å². The Morgan fingerprint density at radius 3 is 2.50 bits per heavy atom. The van der Waals surface area contributed by atoms with Crippen molar-refractivity contribution in [3.8, 4) is 0 Å². The molecule has 1 nitrogen and oxygen atoms in total. The van der Waals surface area contributed by atoms with Gasteiger partial charge in [0.1, 0.15) is 0 Å². The van der Waals surface area contributed by atoms with E-state index in [9.17, 15) is 0 Å². The van der Waals surface area contributed by atoms with Crippen molar-refractivity contribution in [2.24, 2.45) is 5.92 Å². The molecule has 2 aliphatic rings. The first-order valence-corrected chi connectivity index (χ1v) is 8.24. The minimum absolute atomic E-state index is 0.413. The number of allylic oxidation sites excluding steroid dienone is 2. The van der Waals surface area contributed by atoms with Gasteiger partial charge in [-0.15, -0.1) is 0 Å². The van der Waals surface area contributed by atoms with Crippen LogP contribution in [0.25, 0.3) is 0 Å². The second kappa shape index (κ2) is 5.01. The molecule has 0 saturated carbocycles. The highest BCUT2D eigenvalue weighted by Crippen LogP contribution is 2.50. The molecule has 1 heteroatoms. The maximum absolute atomic E-state index is 3.83. The van der Waals surface area contributed by atoms with Crippen molar-refractivity contribution in [2.75, 3.05) is 5.32 Å². The van der Waals surface area contributed by atoms with Gasteiger partial charge in [0, 0.05) is 11.6 Å². The number of hydrogen-bond acceptors (Lipinski definition) is 1. The highest BCUT2D eigenvalue weighted by atomic mass is 15.0. The minimum atomic E-state index is 0.413. The van der Waals surface area contributed by atoms with Crippen LogP contribution in [0.3, 0.4) is 0 Å². The largest absolute Gasteiger partial charge is 0.378 e. The van der Waals surface area contributed by atoms with Crippen molar-refractivity contribution in [3.63, 3.8) is 0 Å². The molecule has 2 aromatic rings. The average Bonchev–Trinajstić information content (AvgIpc) is 2.97. The molecule has 0 spiro atoms. The van der Waals surface area contributed by atoms with Crippen molar-refractivity contribution >= 4 is 5.69 Å². The molecule has 3 atom stereocenters. The third kappa shape index (κ3) is 2.08. The molecule has 0 bridgehead atoms. The van der Waals surface area contributed by atoms with Gasteiger partial charge in [-0.05, 0) is 55.9 Å². The summed E-state index contributed by atoms with van der Waals surface area (Å²) < 4.78 is 0. The lowest BCUT2D eigenvalue weighted by Crippen LogP contribution is -2.29. The van der Waals surface area contributed by atoms with Gasteiger partial charge in [-0.25, -0.2) is 0 Å². The van der Waals surface area contributed by atoms with E-state index < -0.39 is 0 Å². The van der Waals surface area contributed by atoms with Gasteiger partial charge >= 0.3 is 0 Å². The van der Waals surface area contributed by atoms with Crippen LogP contribution in [0.1, 0.15) is 46.2 Å². The Morgan fingerprint density at radius 1 is 0.909 bits per heavy atom. The van der Waals surface area contributed by atoms with Crippen LogP contribution in [0.5, 0.6) is 0 Å². The van der Waals surface area contributed by atoms with Gasteiger partial charge < -0.3 is 5.32 Å². The van der Waals surface area contributed by atoms with Crippen LogP contribution in [0, 0.1) is 26.7 Å². The average molecular weight is 289 g/mol. The number of rotatable bonds is 1. The second-order valence-corrected chi connectivity index (χ2v) is 6.93. The molecule has 1 aliphatic carbocycles. The van der Waals surface area contributed by atoms with Crippen molar-refractivity contribution in [1.82, 2.24) is 0 Å². The first-order valence-electron chi connectivity index (χ1n) is 8.24. The van der Waals surface area contributed by atoms with E-state index in [4.69, 9.17) is 0 Å². The third-order valence-electron chi connectivity index (χ3n) is 5.28. The lowest BCUT2D eigenvalue weighted by atomic mass is 9.76. The fourth-order valence-corrected chi connectivity index (χ4v) is 4.20. The highest BCUT2D eigenvalue weighted by Gasteiger charge is 2.38. The van der Waals surface area contributed by atoms with Crippen LogP contribution in [0.4, 0.5) is 5.69 Å². The maximum atomic E-state index is 3.83. The third-order valence-corrected chi connectivity index (χ3v) is 5.28. The molecule has 4 rings (SSSR count). The minimum Gasteiger partial charge on any atom is -0.378 e. The Bertz CT molecular complexity index is 756. The lowest BCUT2D eigenvalue weighted by Gasteiger charge is -2.38. The molecule has 0 radical (unpaired) electrons. The van der Waals surface area contributed by atoms with E-state index in [1.54, 1.807) is 0 Å². The summed E-state index contributed by atoms with van der Waals surface area (Å²) in [5.74, 6) is 1.19. The zero-order valence-electron chi connectivity index (χ0n) is 13.6. The molecule has 0 amide bonds. The van der Waals surface area contributed by atoms with Crippen molar-refractivity contribution in [2.45, 2.75) is 39.2 Å². The fraction of sp³-hybridized carbons (Fsp3) is 0.333. The van der Waals surface area contributed by atoms with E-state index in [1.807, 2.05) is 0 Å². The quantitative estimate of drug-likeness (QED) is 0.689. The summed E-state index contributed by atoms with van der Waals surface area (Å²) >= 11 is 0. The first kappa shape index (κ1) is 13.6. The predicted molar refractivity (Wildman–Crippen MR) is 93.4 cm³/mol. The Morgan fingerprint density at radius 2 is 1.68 bits per heavy atom. The molecular weight excluding hydrogens is 266 g/mol.